The van der Waals surface area contributed by atoms with Gasteiger partial charge in [0.05, 0.1) is 6.33 Å². The molecule has 0 aromatic carbocycles. The number of aryl methyl sites for hydroxylation is 1. The maximum atomic E-state index is 11.8. The van der Waals surface area contributed by atoms with E-state index in [2.05, 4.69) is 9.71 Å². The summed E-state index contributed by atoms with van der Waals surface area (Å²) in [5, 5.41) is 0.0304. The number of nitrogens with zero attached hydrogens (tertiary/aromatic N) is 2. The second-order valence-electron chi connectivity index (χ2n) is 4.57. The lowest BCUT2D eigenvalue weighted by Gasteiger charge is -2.22. The van der Waals surface area contributed by atoms with Gasteiger partial charge in [0.15, 0.2) is 5.03 Å². The van der Waals surface area contributed by atoms with Crippen LogP contribution in [-0.4, -0.2) is 31.1 Å². The van der Waals surface area contributed by atoms with Gasteiger partial charge in [0.2, 0.25) is 0 Å². The first-order valence-corrected chi connectivity index (χ1v) is 6.43. The summed E-state index contributed by atoms with van der Waals surface area (Å²) in [5.74, 6) is 0. The van der Waals surface area contributed by atoms with E-state index in [1.807, 2.05) is 13.8 Å². The molecule has 1 aromatic heterocycles. The quantitative estimate of drug-likeness (QED) is 0.745. The van der Waals surface area contributed by atoms with Crippen LogP contribution in [0.5, 0.6) is 0 Å². The summed E-state index contributed by atoms with van der Waals surface area (Å²) < 4.78 is 27.6. The van der Waals surface area contributed by atoms with Gasteiger partial charge in [0.25, 0.3) is 10.0 Å². The van der Waals surface area contributed by atoms with Crippen LogP contribution < -0.4 is 10.5 Å². The summed E-state index contributed by atoms with van der Waals surface area (Å²) in [6.07, 6.45) is 2.90. The molecule has 92 valence electrons. The lowest BCUT2D eigenvalue weighted by molar-refractivity contribution is 0.376. The fourth-order valence-corrected chi connectivity index (χ4v) is 2.18. The largest absolute Gasteiger partial charge is 0.339 e. The Hall–Kier alpha value is -0.920. The zero-order chi connectivity index (χ0) is 12.4. The number of rotatable bonds is 5. The molecule has 0 amide bonds. The molecule has 3 N–H and O–H groups in total. The fraction of sp³-hybridized carbons (Fsp3) is 0.667. The highest BCUT2D eigenvalue weighted by molar-refractivity contribution is 7.89. The summed E-state index contributed by atoms with van der Waals surface area (Å²) in [6, 6.07) is 0. The van der Waals surface area contributed by atoms with E-state index >= 15 is 0 Å². The minimum atomic E-state index is -3.52. The molecule has 0 atom stereocenters. The molecule has 0 bridgehead atoms. The average Bonchev–Trinajstić information content (AvgIpc) is 2.63. The van der Waals surface area contributed by atoms with Gasteiger partial charge in [0.1, 0.15) is 0 Å². The maximum Gasteiger partial charge on any atom is 0.259 e. The summed E-state index contributed by atoms with van der Waals surface area (Å²) in [4.78, 5) is 3.80. The summed E-state index contributed by atoms with van der Waals surface area (Å²) in [7, 11) is -1.80. The van der Waals surface area contributed by atoms with Crippen LogP contribution in [0.4, 0.5) is 0 Å². The molecule has 0 unspecified atom stereocenters. The molecular weight excluding hydrogens is 228 g/mol. The molecule has 0 saturated heterocycles. The SMILES string of the molecule is Cn1cnc(S(=O)(=O)NCC(C)(C)CN)c1. The number of hydrogen-bond acceptors (Lipinski definition) is 4. The molecule has 0 aliphatic heterocycles. The standard InChI is InChI=1S/C9H18N4O2S/c1-9(2,5-10)6-12-16(14,15)8-4-13(3)7-11-8/h4,7,12H,5-6,10H2,1-3H3. The Morgan fingerprint density at radius 1 is 1.56 bits per heavy atom. The van der Waals surface area contributed by atoms with E-state index in [1.165, 1.54) is 12.5 Å². The van der Waals surface area contributed by atoms with Gasteiger partial charge in [-0.2, -0.15) is 0 Å². The lowest BCUT2D eigenvalue weighted by atomic mass is 9.95. The van der Waals surface area contributed by atoms with Crippen LogP contribution in [0.2, 0.25) is 0 Å². The Kier molecular flexibility index (Phi) is 3.72. The highest BCUT2D eigenvalue weighted by Gasteiger charge is 2.22. The second-order valence-corrected chi connectivity index (χ2v) is 6.28. The first kappa shape index (κ1) is 13.1. The fourth-order valence-electron chi connectivity index (χ4n) is 0.964. The molecule has 16 heavy (non-hydrogen) atoms. The van der Waals surface area contributed by atoms with E-state index in [0.717, 1.165) is 0 Å². The normalized spacial score (nSPS) is 13.0. The van der Waals surface area contributed by atoms with Crippen molar-refractivity contribution in [3.63, 3.8) is 0 Å². The van der Waals surface area contributed by atoms with Crippen molar-refractivity contribution < 1.29 is 8.42 Å². The molecule has 0 saturated carbocycles. The molecule has 0 fully saturated rings. The highest BCUT2D eigenvalue weighted by atomic mass is 32.2. The average molecular weight is 246 g/mol. The van der Waals surface area contributed by atoms with Gasteiger partial charge in [-0.15, -0.1) is 0 Å². The van der Waals surface area contributed by atoms with Crippen molar-refractivity contribution in [2.24, 2.45) is 18.2 Å². The molecule has 7 heteroatoms. The van der Waals surface area contributed by atoms with Crippen LogP contribution >= 0.6 is 0 Å². The van der Waals surface area contributed by atoms with Crippen molar-refractivity contribution in [3.8, 4) is 0 Å². The van der Waals surface area contributed by atoms with Gasteiger partial charge in [-0.25, -0.2) is 18.1 Å². The zero-order valence-corrected chi connectivity index (χ0v) is 10.6. The number of nitrogens with two attached hydrogens (primary N) is 1. The van der Waals surface area contributed by atoms with Crippen molar-refractivity contribution in [3.05, 3.63) is 12.5 Å². The van der Waals surface area contributed by atoms with Crippen molar-refractivity contribution in [2.45, 2.75) is 18.9 Å². The molecule has 1 aromatic rings. The van der Waals surface area contributed by atoms with Crippen molar-refractivity contribution in [1.82, 2.24) is 14.3 Å². The van der Waals surface area contributed by atoms with E-state index in [0.29, 0.717) is 13.1 Å². The maximum absolute atomic E-state index is 11.8. The predicted octanol–water partition coefficient (Wildman–Crippen LogP) is -0.317. The van der Waals surface area contributed by atoms with Gasteiger partial charge in [-0.05, 0) is 12.0 Å². The third-order valence-corrected chi connectivity index (χ3v) is 3.54. The van der Waals surface area contributed by atoms with Crippen molar-refractivity contribution >= 4 is 10.0 Å². The topological polar surface area (TPSA) is 90.0 Å². The molecule has 1 heterocycles. The van der Waals surface area contributed by atoms with E-state index in [1.54, 1.807) is 11.6 Å². The number of hydrogen-bond donors (Lipinski definition) is 2. The van der Waals surface area contributed by atoms with Crippen LogP contribution in [0, 0.1) is 5.41 Å². The first-order valence-electron chi connectivity index (χ1n) is 4.94. The van der Waals surface area contributed by atoms with Crippen LogP contribution in [0.1, 0.15) is 13.8 Å². The molecule has 6 nitrogen and oxygen atoms in total. The smallest absolute Gasteiger partial charge is 0.259 e. The Morgan fingerprint density at radius 3 is 2.62 bits per heavy atom. The van der Waals surface area contributed by atoms with Crippen LogP contribution in [0.15, 0.2) is 17.6 Å². The highest BCUT2D eigenvalue weighted by Crippen LogP contribution is 2.12. The number of nitrogens with one attached hydrogen (secondary N) is 1. The molecule has 0 aliphatic rings. The van der Waals surface area contributed by atoms with E-state index in [4.69, 9.17) is 5.73 Å². The van der Waals surface area contributed by atoms with Crippen LogP contribution in [0.3, 0.4) is 0 Å². The second kappa shape index (κ2) is 4.52. The molecule has 0 spiro atoms. The first-order chi connectivity index (χ1) is 7.27. The summed E-state index contributed by atoms with van der Waals surface area (Å²) >= 11 is 0. The van der Waals surface area contributed by atoms with E-state index in [-0.39, 0.29) is 10.4 Å². The Balaban J connectivity index is 2.74. The number of sulfonamides is 1. The Bertz CT molecular complexity index is 450. The van der Waals surface area contributed by atoms with Crippen molar-refractivity contribution in [1.29, 1.82) is 0 Å². The molecule has 0 aliphatic carbocycles. The van der Waals surface area contributed by atoms with Crippen molar-refractivity contribution in [2.75, 3.05) is 13.1 Å². The van der Waals surface area contributed by atoms with E-state index < -0.39 is 10.0 Å². The molecular formula is C9H18N4O2S. The minimum absolute atomic E-state index is 0.0304. The van der Waals surface area contributed by atoms with Crippen LogP contribution in [-0.2, 0) is 17.1 Å². The Morgan fingerprint density at radius 2 is 2.19 bits per heavy atom. The zero-order valence-electron chi connectivity index (χ0n) is 9.77. The lowest BCUT2D eigenvalue weighted by Crippen LogP contribution is -2.38. The van der Waals surface area contributed by atoms with Gasteiger partial charge >= 0.3 is 0 Å². The third-order valence-electron chi connectivity index (χ3n) is 2.25. The van der Waals surface area contributed by atoms with Gasteiger partial charge in [-0.3, -0.25) is 0 Å². The molecule has 0 radical (unpaired) electrons. The van der Waals surface area contributed by atoms with Gasteiger partial charge in [0, 0.05) is 19.8 Å². The number of imidazole rings is 1. The minimum Gasteiger partial charge on any atom is -0.339 e. The third kappa shape index (κ3) is 3.29. The van der Waals surface area contributed by atoms with Crippen LogP contribution in [0.25, 0.3) is 0 Å². The molecule has 1 rings (SSSR count). The number of aromatic nitrogens is 2. The summed E-state index contributed by atoms with van der Waals surface area (Å²) in [5.41, 5.74) is 5.26. The van der Waals surface area contributed by atoms with Gasteiger partial charge in [-0.1, -0.05) is 13.8 Å². The Labute approximate surface area is 95.9 Å². The van der Waals surface area contributed by atoms with E-state index in [9.17, 15) is 8.42 Å². The monoisotopic (exact) mass is 246 g/mol. The van der Waals surface area contributed by atoms with Gasteiger partial charge < -0.3 is 10.3 Å². The summed E-state index contributed by atoms with van der Waals surface area (Å²) in [6.45, 7) is 4.50. The predicted molar refractivity (Wildman–Crippen MR) is 61.2 cm³/mol.